The predicted octanol–water partition coefficient (Wildman–Crippen LogP) is 4.23. The highest BCUT2D eigenvalue weighted by atomic mass is 16.5. The first-order chi connectivity index (χ1) is 16.7. The zero-order chi connectivity index (χ0) is 23.8. The second-order valence-corrected chi connectivity index (χ2v) is 6.66. The fraction of sp³-hybridized carbons (Fsp3) is 0.125. The summed E-state index contributed by atoms with van der Waals surface area (Å²) < 4.78 is 27.4. The Morgan fingerprint density at radius 3 is 2.00 bits per heavy atom. The number of methoxy groups -OCH3 is 2. The molecule has 10 heteroatoms. The number of benzene rings is 2. The molecule has 0 aliphatic carbocycles. The zero-order valence-electron chi connectivity index (χ0n) is 18.4. The Hall–Kier alpha value is -4.73. The molecule has 2 aromatic heterocycles. The Bertz CT molecular complexity index is 1230. The van der Waals surface area contributed by atoms with Crippen LogP contribution in [-0.4, -0.2) is 40.1 Å². The van der Waals surface area contributed by atoms with Gasteiger partial charge in [-0.25, -0.2) is 14.8 Å². The van der Waals surface area contributed by atoms with Gasteiger partial charge >= 0.3 is 18.0 Å². The van der Waals surface area contributed by atoms with Crippen LogP contribution in [-0.2, 0) is 11.3 Å². The molecule has 0 saturated carbocycles. The average molecular weight is 460 g/mol. The molecule has 0 N–H and O–H groups in total. The highest BCUT2D eigenvalue weighted by molar-refractivity contribution is 5.95. The van der Waals surface area contributed by atoms with Crippen molar-refractivity contribution >= 4 is 5.97 Å². The molecular formula is C24H20N4O6. The molecule has 10 nitrogen and oxygen atoms in total. The van der Waals surface area contributed by atoms with Crippen molar-refractivity contribution in [3.63, 3.8) is 0 Å². The highest BCUT2D eigenvalue weighted by Crippen LogP contribution is 2.34. The number of nitrogens with zero attached hydrogens (tertiary/aromatic N) is 4. The van der Waals surface area contributed by atoms with Gasteiger partial charge in [-0.3, -0.25) is 0 Å². The Morgan fingerprint density at radius 2 is 1.38 bits per heavy atom. The lowest BCUT2D eigenvalue weighted by Gasteiger charge is -2.14. The lowest BCUT2D eigenvalue weighted by atomic mass is 10.1. The first-order valence-electron chi connectivity index (χ1n) is 10.1. The molecule has 0 spiro atoms. The van der Waals surface area contributed by atoms with Gasteiger partial charge in [0.1, 0.15) is 23.7 Å². The summed E-state index contributed by atoms with van der Waals surface area (Å²) in [4.78, 5) is 29.6. The van der Waals surface area contributed by atoms with Crippen LogP contribution < -0.4 is 18.9 Å². The lowest BCUT2D eigenvalue weighted by Crippen LogP contribution is -2.10. The third-order valence-corrected chi connectivity index (χ3v) is 4.43. The molecule has 0 atom stereocenters. The second-order valence-electron chi connectivity index (χ2n) is 6.66. The number of rotatable bonds is 9. The van der Waals surface area contributed by atoms with E-state index >= 15 is 0 Å². The van der Waals surface area contributed by atoms with E-state index < -0.39 is 5.97 Å². The molecule has 4 rings (SSSR count). The van der Waals surface area contributed by atoms with E-state index in [1.807, 2.05) is 30.3 Å². The summed E-state index contributed by atoms with van der Waals surface area (Å²) in [6.45, 7) is 0.0543. The van der Waals surface area contributed by atoms with Crippen molar-refractivity contribution in [3.8, 4) is 35.3 Å². The third kappa shape index (κ3) is 5.54. The molecule has 2 aromatic carbocycles. The smallest absolute Gasteiger partial charge is 0.346 e. The van der Waals surface area contributed by atoms with E-state index in [9.17, 15) is 4.79 Å². The van der Waals surface area contributed by atoms with E-state index in [-0.39, 0.29) is 47.5 Å². The molecular weight excluding hydrogens is 440 g/mol. The summed E-state index contributed by atoms with van der Waals surface area (Å²) in [5, 5.41) is 0. The van der Waals surface area contributed by atoms with Crippen LogP contribution in [0.15, 0.2) is 73.1 Å². The maximum Gasteiger partial charge on any atom is 0.346 e. The van der Waals surface area contributed by atoms with Crippen molar-refractivity contribution < 1.29 is 28.5 Å². The number of esters is 1. The Kier molecular flexibility index (Phi) is 7.09. The number of hydrogen-bond acceptors (Lipinski definition) is 10. The van der Waals surface area contributed by atoms with E-state index in [1.54, 1.807) is 24.3 Å². The fourth-order valence-electron chi connectivity index (χ4n) is 2.85. The number of hydrogen-bond donors (Lipinski definition) is 0. The molecule has 0 saturated heterocycles. The summed E-state index contributed by atoms with van der Waals surface area (Å²) >= 11 is 0. The molecule has 172 valence electrons. The summed E-state index contributed by atoms with van der Waals surface area (Å²) in [7, 11) is 2.90. The van der Waals surface area contributed by atoms with Crippen LogP contribution in [0.5, 0.6) is 35.3 Å². The summed E-state index contributed by atoms with van der Waals surface area (Å²) in [5.74, 6) is -0.000967. The maximum atomic E-state index is 13.2. The Labute approximate surface area is 195 Å². The van der Waals surface area contributed by atoms with Crippen molar-refractivity contribution in [3.05, 3.63) is 84.2 Å². The SMILES string of the molecule is COc1cc(OC)nc(Oc2cccc(Oc3ncccn3)c2C(=O)OCc2ccccc2)n1. The monoisotopic (exact) mass is 460 g/mol. The van der Waals surface area contributed by atoms with Gasteiger partial charge in [0.25, 0.3) is 0 Å². The van der Waals surface area contributed by atoms with Gasteiger partial charge in [0, 0.05) is 12.4 Å². The standard InChI is InChI=1S/C24H20N4O6/c1-30-19-14-20(31-2)28-24(27-19)34-18-11-6-10-17(33-23-25-12-7-13-26-23)21(18)22(29)32-15-16-8-4-3-5-9-16/h3-14H,15H2,1-2H3. The molecule has 0 unspecified atom stereocenters. The van der Waals surface area contributed by atoms with Crippen molar-refractivity contribution in [2.45, 2.75) is 6.61 Å². The van der Waals surface area contributed by atoms with Gasteiger partial charge in [-0.05, 0) is 23.8 Å². The minimum atomic E-state index is -0.680. The zero-order valence-corrected chi connectivity index (χ0v) is 18.4. The Morgan fingerprint density at radius 1 is 0.765 bits per heavy atom. The van der Waals surface area contributed by atoms with Crippen molar-refractivity contribution in [2.24, 2.45) is 0 Å². The van der Waals surface area contributed by atoms with Gasteiger partial charge in [-0.2, -0.15) is 9.97 Å². The van der Waals surface area contributed by atoms with Gasteiger partial charge in [0.15, 0.2) is 0 Å². The molecule has 0 aliphatic heterocycles. The van der Waals surface area contributed by atoms with Gasteiger partial charge in [0.2, 0.25) is 11.8 Å². The minimum absolute atomic E-state index is 0.0104. The molecule has 34 heavy (non-hydrogen) atoms. The fourth-order valence-corrected chi connectivity index (χ4v) is 2.85. The second kappa shape index (κ2) is 10.7. The minimum Gasteiger partial charge on any atom is -0.481 e. The van der Waals surface area contributed by atoms with Gasteiger partial charge in [-0.15, -0.1) is 0 Å². The molecule has 4 aromatic rings. The average Bonchev–Trinajstić information content (AvgIpc) is 2.88. The molecule has 0 aliphatic rings. The molecule has 0 bridgehead atoms. The van der Waals surface area contributed by atoms with E-state index in [0.29, 0.717) is 0 Å². The quantitative estimate of drug-likeness (QED) is 0.336. The van der Waals surface area contributed by atoms with Crippen molar-refractivity contribution in [2.75, 3.05) is 14.2 Å². The predicted molar refractivity (Wildman–Crippen MR) is 119 cm³/mol. The van der Waals surface area contributed by atoms with E-state index in [2.05, 4.69) is 19.9 Å². The van der Waals surface area contributed by atoms with E-state index in [0.717, 1.165) is 5.56 Å². The van der Waals surface area contributed by atoms with Gasteiger partial charge in [-0.1, -0.05) is 36.4 Å². The van der Waals surface area contributed by atoms with Crippen molar-refractivity contribution in [1.29, 1.82) is 0 Å². The van der Waals surface area contributed by atoms with Crippen LogP contribution >= 0.6 is 0 Å². The molecule has 2 heterocycles. The highest BCUT2D eigenvalue weighted by Gasteiger charge is 2.23. The normalized spacial score (nSPS) is 10.3. The van der Waals surface area contributed by atoms with Crippen LogP contribution in [0.2, 0.25) is 0 Å². The van der Waals surface area contributed by atoms with Crippen LogP contribution in [0.4, 0.5) is 0 Å². The molecule has 0 amide bonds. The first kappa shape index (κ1) is 22.5. The maximum absolute atomic E-state index is 13.2. The Balaban J connectivity index is 1.69. The topological polar surface area (TPSA) is 115 Å². The summed E-state index contributed by atoms with van der Waals surface area (Å²) in [6.07, 6.45) is 3.04. The number of carbonyl (C=O) groups excluding carboxylic acids is 1. The van der Waals surface area contributed by atoms with Gasteiger partial charge < -0.3 is 23.7 Å². The van der Waals surface area contributed by atoms with E-state index in [4.69, 9.17) is 23.7 Å². The largest absolute Gasteiger partial charge is 0.481 e. The van der Waals surface area contributed by atoms with Gasteiger partial charge in [0.05, 0.1) is 20.3 Å². The number of ether oxygens (including phenoxy) is 5. The molecule has 0 radical (unpaired) electrons. The third-order valence-electron chi connectivity index (χ3n) is 4.43. The summed E-state index contributed by atoms with van der Waals surface area (Å²) in [6, 6.07) is 17.2. The summed E-state index contributed by atoms with van der Waals surface area (Å²) in [5.41, 5.74) is 0.834. The van der Waals surface area contributed by atoms with E-state index in [1.165, 1.54) is 32.7 Å². The number of aromatic nitrogens is 4. The first-order valence-corrected chi connectivity index (χ1v) is 10.1. The van der Waals surface area contributed by atoms with Crippen LogP contribution in [0.1, 0.15) is 15.9 Å². The lowest BCUT2D eigenvalue weighted by molar-refractivity contribution is 0.0466. The van der Waals surface area contributed by atoms with Crippen LogP contribution in [0, 0.1) is 0 Å². The molecule has 0 fully saturated rings. The van der Waals surface area contributed by atoms with Crippen LogP contribution in [0.25, 0.3) is 0 Å². The number of carbonyl (C=O) groups is 1. The van der Waals surface area contributed by atoms with Crippen LogP contribution in [0.3, 0.4) is 0 Å². The van der Waals surface area contributed by atoms with Crippen molar-refractivity contribution in [1.82, 2.24) is 19.9 Å².